The Morgan fingerprint density at radius 2 is 1.87 bits per heavy atom. The largest absolute Gasteiger partial charge is 0.378 e. The lowest BCUT2D eigenvalue weighted by atomic mass is 9.99. The minimum atomic E-state index is 0. The normalized spacial score (nSPS) is 15.3. The van der Waals surface area contributed by atoms with Crippen molar-refractivity contribution in [2.45, 2.75) is 33.2 Å². The standard InChI is InChI=1S/C24H34N4O.HI/c1-4-25-24(26-17-20(3)21-10-7-8-19(2)16-21)27-18-22-9-5-6-11-23(22)28-12-14-29-15-13-28;/h5-11,16,20H,4,12-15,17-18H2,1-3H3,(H2,25,26,27);1H. The topological polar surface area (TPSA) is 48.9 Å². The second-order valence-electron chi connectivity index (χ2n) is 7.62. The number of aryl methyl sites for hydroxylation is 1. The molecule has 0 aromatic heterocycles. The first-order valence-electron chi connectivity index (χ1n) is 10.7. The molecule has 1 atom stereocenters. The summed E-state index contributed by atoms with van der Waals surface area (Å²) in [6.45, 7) is 12.3. The van der Waals surface area contributed by atoms with Crippen LogP contribution in [0.15, 0.2) is 53.5 Å². The summed E-state index contributed by atoms with van der Waals surface area (Å²) < 4.78 is 5.50. The number of para-hydroxylation sites is 1. The Morgan fingerprint density at radius 1 is 1.10 bits per heavy atom. The van der Waals surface area contributed by atoms with Gasteiger partial charge in [-0.1, -0.05) is 55.0 Å². The molecule has 0 saturated carbocycles. The van der Waals surface area contributed by atoms with Gasteiger partial charge in [-0.3, -0.25) is 0 Å². The van der Waals surface area contributed by atoms with E-state index in [1.807, 2.05) is 0 Å². The number of hydrogen-bond acceptors (Lipinski definition) is 3. The molecule has 1 saturated heterocycles. The fourth-order valence-corrected chi connectivity index (χ4v) is 3.61. The van der Waals surface area contributed by atoms with Crippen LogP contribution in [-0.2, 0) is 11.3 Å². The van der Waals surface area contributed by atoms with Crippen LogP contribution in [0.4, 0.5) is 5.69 Å². The average molecular weight is 522 g/mol. The number of nitrogens with zero attached hydrogens (tertiary/aromatic N) is 2. The summed E-state index contributed by atoms with van der Waals surface area (Å²) in [7, 11) is 0. The van der Waals surface area contributed by atoms with E-state index in [1.165, 1.54) is 22.4 Å². The molecule has 0 bridgehead atoms. The van der Waals surface area contributed by atoms with Gasteiger partial charge in [0.1, 0.15) is 0 Å². The molecule has 30 heavy (non-hydrogen) atoms. The third kappa shape index (κ3) is 7.16. The van der Waals surface area contributed by atoms with E-state index >= 15 is 0 Å². The molecule has 164 valence electrons. The Labute approximate surface area is 198 Å². The summed E-state index contributed by atoms with van der Waals surface area (Å²) in [5, 5.41) is 6.89. The summed E-state index contributed by atoms with van der Waals surface area (Å²) in [6, 6.07) is 17.3. The van der Waals surface area contributed by atoms with Crippen molar-refractivity contribution in [3.8, 4) is 0 Å². The molecule has 0 aliphatic carbocycles. The molecule has 6 heteroatoms. The zero-order valence-corrected chi connectivity index (χ0v) is 20.7. The van der Waals surface area contributed by atoms with Gasteiger partial charge in [0.15, 0.2) is 5.96 Å². The molecule has 2 aromatic rings. The predicted octanol–water partition coefficient (Wildman–Crippen LogP) is 4.31. The fraction of sp³-hybridized carbons (Fsp3) is 0.458. The maximum absolute atomic E-state index is 5.50. The Balaban J connectivity index is 0.00000320. The van der Waals surface area contributed by atoms with Gasteiger partial charge in [0.2, 0.25) is 0 Å². The van der Waals surface area contributed by atoms with Gasteiger partial charge in [0, 0.05) is 31.9 Å². The van der Waals surface area contributed by atoms with Crippen LogP contribution >= 0.6 is 24.0 Å². The Hall–Kier alpha value is -1.80. The van der Waals surface area contributed by atoms with E-state index in [0.717, 1.165) is 45.4 Å². The van der Waals surface area contributed by atoms with E-state index in [9.17, 15) is 0 Å². The van der Waals surface area contributed by atoms with E-state index in [-0.39, 0.29) is 24.0 Å². The van der Waals surface area contributed by atoms with Gasteiger partial charge in [0.25, 0.3) is 0 Å². The van der Waals surface area contributed by atoms with Crippen LogP contribution < -0.4 is 15.5 Å². The van der Waals surface area contributed by atoms with Gasteiger partial charge in [-0.05, 0) is 37.0 Å². The third-order valence-corrected chi connectivity index (χ3v) is 5.28. The molecule has 1 fully saturated rings. The number of aliphatic imine (C=N–C) groups is 1. The second-order valence-corrected chi connectivity index (χ2v) is 7.62. The third-order valence-electron chi connectivity index (χ3n) is 5.28. The molecule has 0 spiro atoms. The number of hydrogen-bond donors (Lipinski definition) is 2. The zero-order chi connectivity index (χ0) is 20.5. The molecule has 0 radical (unpaired) electrons. The summed E-state index contributed by atoms with van der Waals surface area (Å²) in [6.07, 6.45) is 0. The van der Waals surface area contributed by atoms with Crippen molar-refractivity contribution >= 4 is 35.6 Å². The number of halogens is 1. The number of rotatable bonds is 7. The van der Waals surface area contributed by atoms with E-state index in [4.69, 9.17) is 9.73 Å². The molecular formula is C24H35IN4O. The van der Waals surface area contributed by atoms with E-state index < -0.39 is 0 Å². The number of benzene rings is 2. The van der Waals surface area contributed by atoms with Gasteiger partial charge in [-0.15, -0.1) is 24.0 Å². The molecular weight excluding hydrogens is 487 g/mol. The van der Waals surface area contributed by atoms with Crippen LogP contribution in [0.25, 0.3) is 0 Å². The highest BCUT2D eigenvalue weighted by molar-refractivity contribution is 14.0. The van der Waals surface area contributed by atoms with Crippen molar-refractivity contribution in [1.82, 2.24) is 10.6 Å². The summed E-state index contributed by atoms with van der Waals surface area (Å²) >= 11 is 0. The van der Waals surface area contributed by atoms with Crippen molar-refractivity contribution in [2.75, 3.05) is 44.3 Å². The Morgan fingerprint density at radius 3 is 2.60 bits per heavy atom. The number of ether oxygens (including phenoxy) is 1. The fourth-order valence-electron chi connectivity index (χ4n) is 3.61. The molecule has 3 rings (SSSR count). The first-order chi connectivity index (χ1) is 14.2. The summed E-state index contributed by atoms with van der Waals surface area (Å²) in [4.78, 5) is 7.26. The van der Waals surface area contributed by atoms with Crippen molar-refractivity contribution < 1.29 is 4.74 Å². The van der Waals surface area contributed by atoms with Crippen molar-refractivity contribution in [3.63, 3.8) is 0 Å². The lowest BCUT2D eigenvalue weighted by Crippen LogP contribution is -2.39. The van der Waals surface area contributed by atoms with Crippen LogP contribution in [0.5, 0.6) is 0 Å². The highest BCUT2D eigenvalue weighted by Crippen LogP contribution is 2.22. The smallest absolute Gasteiger partial charge is 0.191 e. The Bertz CT molecular complexity index is 805. The first-order valence-corrected chi connectivity index (χ1v) is 10.7. The number of morpholine rings is 1. The molecule has 1 aliphatic heterocycles. The van der Waals surface area contributed by atoms with Crippen molar-refractivity contribution in [3.05, 3.63) is 65.2 Å². The van der Waals surface area contributed by atoms with Gasteiger partial charge >= 0.3 is 0 Å². The van der Waals surface area contributed by atoms with Gasteiger partial charge in [-0.2, -0.15) is 0 Å². The van der Waals surface area contributed by atoms with Crippen molar-refractivity contribution in [2.24, 2.45) is 4.99 Å². The average Bonchev–Trinajstić information content (AvgIpc) is 2.76. The van der Waals surface area contributed by atoms with Crippen LogP contribution in [0, 0.1) is 6.92 Å². The van der Waals surface area contributed by atoms with Crippen LogP contribution in [0.3, 0.4) is 0 Å². The van der Waals surface area contributed by atoms with Crippen LogP contribution in [0.1, 0.15) is 36.5 Å². The maximum Gasteiger partial charge on any atom is 0.191 e. The van der Waals surface area contributed by atoms with Crippen molar-refractivity contribution in [1.29, 1.82) is 0 Å². The molecule has 1 unspecified atom stereocenters. The number of guanidine groups is 1. The minimum Gasteiger partial charge on any atom is -0.378 e. The monoisotopic (exact) mass is 522 g/mol. The highest BCUT2D eigenvalue weighted by Gasteiger charge is 2.14. The highest BCUT2D eigenvalue weighted by atomic mass is 127. The molecule has 2 N–H and O–H groups in total. The lowest BCUT2D eigenvalue weighted by molar-refractivity contribution is 0.122. The van der Waals surface area contributed by atoms with Gasteiger partial charge in [0.05, 0.1) is 19.8 Å². The van der Waals surface area contributed by atoms with E-state index in [0.29, 0.717) is 12.5 Å². The van der Waals surface area contributed by atoms with Gasteiger partial charge < -0.3 is 20.3 Å². The molecule has 1 aliphatic rings. The first kappa shape index (κ1) is 24.5. The van der Waals surface area contributed by atoms with E-state index in [2.05, 4.69) is 84.8 Å². The number of nitrogens with one attached hydrogen (secondary N) is 2. The minimum absolute atomic E-state index is 0. The summed E-state index contributed by atoms with van der Waals surface area (Å²) in [5.41, 5.74) is 5.17. The predicted molar refractivity (Wildman–Crippen MR) is 137 cm³/mol. The summed E-state index contributed by atoms with van der Waals surface area (Å²) in [5.74, 6) is 1.28. The van der Waals surface area contributed by atoms with E-state index in [1.54, 1.807) is 0 Å². The number of anilines is 1. The lowest BCUT2D eigenvalue weighted by Gasteiger charge is -2.30. The van der Waals surface area contributed by atoms with Crippen LogP contribution in [-0.4, -0.2) is 45.4 Å². The zero-order valence-electron chi connectivity index (χ0n) is 18.4. The molecule has 5 nitrogen and oxygen atoms in total. The molecule has 1 heterocycles. The molecule has 2 aromatic carbocycles. The Kier molecular flexibility index (Phi) is 10.4. The second kappa shape index (κ2) is 12.8. The SMILES string of the molecule is CCNC(=NCc1ccccc1N1CCOCC1)NCC(C)c1cccc(C)c1.I. The van der Waals surface area contributed by atoms with Crippen LogP contribution in [0.2, 0.25) is 0 Å². The molecule has 0 amide bonds. The maximum atomic E-state index is 5.50. The quantitative estimate of drug-likeness (QED) is 0.324. The van der Waals surface area contributed by atoms with Gasteiger partial charge in [-0.25, -0.2) is 4.99 Å².